The summed E-state index contributed by atoms with van der Waals surface area (Å²) >= 11 is 0. The summed E-state index contributed by atoms with van der Waals surface area (Å²) in [6.45, 7) is 0. The van der Waals surface area contributed by atoms with Crippen molar-refractivity contribution in [1.29, 1.82) is 0 Å². The molecule has 0 fully saturated rings. The molecule has 4 heteroatoms. The molecule has 0 bridgehead atoms. The number of phenols is 1. The van der Waals surface area contributed by atoms with Gasteiger partial charge in [0.05, 0.1) is 0 Å². The molecule has 0 aliphatic rings. The number of rotatable bonds is 2. The van der Waals surface area contributed by atoms with Gasteiger partial charge in [-0.1, -0.05) is 65.8 Å². The number of para-hydroxylation sites is 2. The van der Waals surface area contributed by atoms with Crippen molar-refractivity contribution in [3.8, 4) is 22.7 Å². The molecule has 0 aliphatic carbocycles. The van der Waals surface area contributed by atoms with Crippen molar-refractivity contribution in [2.24, 2.45) is 0 Å². The van der Waals surface area contributed by atoms with Crippen molar-refractivity contribution in [2.75, 3.05) is 0 Å². The number of aromatic nitrogens is 2. The van der Waals surface area contributed by atoms with Crippen LogP contribution in [-0.4, -0.2) is 14.9 Å². The summed E-state index contributed by atoms with van der Waals surface area (Å²) in [5, 5.41) is 16.8. The molecule has 1 aromatic heterocycles. The maximum Gasteiger partial charge on any atom is 0.141 e. The zero-order valence-electron chi connectivity index (χ0n) is 12.5. The van der Waals surface area contributed by atoms with Gasteiger partial charge in [-0.3, -0.25) is 4.68 Å². The minimum atomic E-state index is 0. The molecule has 4 aromatic rings. The first-order valence-electron chi connectivity index (χ1n) is 7.07. The van der Waals surface area contributed by atoms with Gasteiger partial charge in [-0.15, -0.1) is 11.6 Å². The molecule has 0 atom stereocenters. The SMILES string of the molecule is Oc1ccccc1-n1c[c-]c(-c2cccc3ccccc23)n1.[Zn]. The standard InChI is InChI=1S/C19H13N2O.Zn/c22-19-11-4-3-10-18(19)21-13-12-17(20-21)16-9-5-7-14-6-1-2-8-15(14)16;/h1-11,13,22H;/q-1;. The zero-order valence-corrected chi connectivity index (χ0v) is 15.4. The first-order valence-corrected chi connectivity index (χ1v) is 7.07. The first-order chi connectivity index (χ1) is 10.8. The molecule has 108 valence electrons. The molecule has 4 rings (SSSR count). The fourth-order valence-corrected chi connectivity index (χ4v) is 2.63. The Balaban J connectivity index is 0.00000156. The second kappa shape index (κ2) is 6.35. The third-order valence-corrected chi connectivity index (χ3v) is 3.70. The second-order valence-corrected chi connectivity index (χ2v) is 5.08. The van der Waals surface area contributed by atoms with Gasteiger partial charge in [-0.05, 0) is 17.5 Å². The van der Waals surface area contributed by atoms with Gasteiger partial charge in [0.1, 0.15) is 11.4 Å². The molecular weight excluding hydrogens is 338 g/mol. The Labute approximate surface area is 147 Å². The van der Waals surface area contributed by atoms with Crippen LogP contribution in [0.1, 0.15) is 0 Å². The van der Waals surface area contributed by atoms with Gasteiger partial charge in [0.15, 0.2) is 0 Å². The third kappa shape index (κ3) is 2.78. The van der Waals surface area contributed by atoms with E-state index in [1.165, 1.54) is 5.39 Å². The molecule has 0 saturated carbocycles. The number of nitrogens with zero attached hydrogens (tertiary/aromatic N) is 2. The average Bonchev–Trinajstić information content (AvgIpc) is 3.04. The third-order valence-electron chi connectivity index (χ3n) is 3.70. The van der Waals surface area contributed by atoms with Gasteiger partial charge < -0.3 is 5.11 Å². The molecule has 0 spiro atoms. The van der Waals surface area contributed by atoms with Gasteiger partial charge >= 0.3 is 0 Å². The summed E-state index contributed by atoms with van der Waals surface area (Å²) in [5.74, 6) is 0.198. The van der Waals surface area contributed by atoms with Crippen molar-refractivity contribution in [3.05, 3.63) is 79.0 Å². The van der Waals surface area contributed by atoms with Crippen molar-refractivity contribution in [1.82, 2.24) is 9.78 Å². The molecule has 1 heterocycles. The Hall–Kier alpha value is -2.45. The molecule has 0 aliphatic heterocycles. The van der Waals surface area contributed by atoms with Crippen molar-refractivity contribution in [2.45, 2.75) is 0 Å². The number of phenolic OH excluding ortho intramolecular Hbond substituents is 1. The van der Waals surface area contributed by atoms with E-state index in [0.29, 0.717) is 5.69 Å². The summed E-state index contributed by atoms with van der Waals surface area (Å²) in [5.41, 5.74) is 2.44. The number of fused-ring (bicyclic) bond motifs is 1. The van der Waals surface area contributed by atoms with Crippen LogP contribution in [-0.2, 0) is 19.5 Å². The molecule has 1 N–H and O–H groups in total. The van der Waals surface area contributed by atoms with Crippen molar-refractivity contribution in [3.63, 3.8) is 0 Å². The maximum absolute atomic E-state index is 9.94. The zero-order chi connectivity index (χ0) is 14.9. The van der Waals surface area contributed by atoms with E-state index in [0.717, 1.165) is 16.6 Å². The Bertz CT molecular complexity index is 957. The maximum atomic E-state index is 9.94. The van der Waals surface area contributed by atoms with Crippen LogP contribution in [0.3, 0.4) is 0 Å². The molecule has 23 heavy (non-hydrogen) atoms. The van der Waals surface area contributed by atoms with Crippen LogP contribution in [0.4, 0.5) is 0 Å². The summed E-state index contributed by atoms with van der Waals surface area (Å²) < 4.78 is 1.65. The molecule has 0 saturated heterocycles. The second-order valence-electron chi connectivity index (χ2n) is 5.08. The number of benzene rings is 3. The largest absolute Gasteiger partial charge is 0.506 e. The molecule has 0 amide bonds. The van der Waals surface area contributed by atoms with E-state index in [2.05, 4.69) is 29.4 Å². The Morgan fingerprint density at radius 2 is 1.61 bits per heavy atom. The number of hydrogen-bond donors (Lipinski definition) is 1. The first kappa shape index (κ1) is 15.4. The van der Waals surface area contributed by atoms with Crippen LogP contribution < -0.4 is 0 Å². The van der Waals surface area contributed by atoms with Gasteiger partial charge in [0, 0.05) is 19.5 Å². The van der Waals surface area contributed by atoms with Crippen molar-refractivity contribution < 1.29 is 24.6 Å². The van der Waals surface area contributed by atoms with E-state index < -0.39 is 0 Å². The minimum absolute atomic E-state index is 0. The predicted molar refractivity (Wildman–Crippen MR) is 87.0 cm³/mol. The van der Waals surface area contributed by atoms with E-state index >= 15 is 0 Å². The molecule has 0 radical (unpaired) electrons. The predicted octanol–water partition coefficient (Wildman–Crippen LogP) is 4.20. The number of hydrogen-bond acceptors (Lipinski definition) is 2. The monoisotopic (exact) mass is 349 g/mol. The Morgan fingerprint density at radius 1 is 0.870 bits per heavy atom. The van der Waals surface area contributed by atoms with Crippen molar-refractivity contribution >= 4 is 10.8 Å². The molecule has 3 aromatic carbocycles. The van der Waals surface area contributed by atoms with Gasteiger partial charge in [0.2, 0.25) is 0 Å². The quantitative estimate of drug-likeness (QED) is 0.435. The summed E-state index contributed by atoms with van der Waals surface area (Å²) in [4.78, 5) is 0. The normalized spacial score (nSPS) is 10.4. The fourth-order valence-electron chi connectivity index (χ4n) is 2.63. The van der Waals surface area contributed by atoms with E-state index in [9.17, 15) is 5.11 Å². The van der Waals surface area contributed by atoms with Crippen LogP contribution in [0, 0.1) is 6.07 Å². The van der Waals surface area contributed by atoms with Crippen LogP contribution in [0.25, 0.3) is 27.7 Å². The smallest absolute Gasteiger partial charge is 0.141 e. The average molecular weight is 351 g/mol. The van der Waals surface area contributed by atoms with Crippen LogP contribution >= 0.6 is 0 Å². The fraction of sp³-hybridized carbons (Fsp3) is 0. The molecular formula is C19H13N2OZn-. The summed E-state index contributed by atoms with van der Waals surface area (Å²) in [6, 6.07) is 24.7. The molecule has 3 nitrogen and oxygen atoms in total. The van der Waals surface area contributed by atoms with Crippen LogP contribution in [0.5, 0.6) is 5.75 Å². The molecule has 0 unspecified atom stereocenters. The van der Waals surface area contributed by atoms with E-state index in [1.54, 1.807) is 23.0 Å². The van der Waals surface area contributed by atoms with E-state index in [4.69, 9.17) is 0 Å². The minimum Gasteiger partial charge on any atom is -0.506 e. The Morgan fingerprint density at radius 3 is 2.48 bits per heavy atom. The topological polar surface area (TPSA) is 38.0 Å². The van der Waals surface area contributed by atoms with Crippen LogP contribution in [0.15, 0.2) is 72.9 Å². The summed E-state index contributed by atoms with van der Waals surface area (Å²) in [6.07, 6.45) is 1.74. The number of aromatic hydroxyl groups is 1. The van der Waals surface area contributed by atoms with Gasteiger partial charge in [-0.25, -0.2) is 11.2 Å². The van der Waals surface area contributed by atoms with Gasteiger partial charge in [0.25, 0.3) is 0 Å². The Kier molecular flexibility index (Phi) is 4.27. The summed E-state index contributed by atoms with van der Waals surface area (Å²) in [7, 11) is 0. The van der Waals surface area contributed by atoms with E-state index in [1.807, 2.05) is 36.4 Å². The van der Waals surface area contributed by atoms with Crippen LogP contribution in [0.2, 0.25) is 0 Å². The van der Waals surface area contributed by atoms with E-state index in [-0.39, 0.29) is 25.2 Å². The van der Waals surface area contributed by atoms with Gasteiger partial charge in [-0.2, -0.15) is 0 Å².